The predicted octanol–water partition coefficient (Wildman–Crippen LogP) is 2.15. The van der Waals surface area contributed by atoms with E-state index >= 15 is 0 Å². The second-order valence-corrected chi connectivity index (χ2v) is 7.17. The lowest BCUT2D eigenvalue weighted by molar-refractivity contribution is 0.0740. The van der Waals surface area contributed by atoms with E-state index in [1.807, 2.05) is 18.3 Å². The molecule has 1 N–H and O–H groups in total. The highest BCUT2D eigenvalue weighted by Crippen LogP contribution is 2.20. The van der Waals surface area contributed by atoms with Crippen molar-refractivity contribution in [2.75, 3.05) is 31.1 Å². The molecule has 3 aromatic heterocycles. The van der Waals surface area contributed by atoms with Crippen LogP contribution in [0.5, 0.6) is 0 Å². The van der Waals surface area contributed by atoms with Crippen LogP contribution in [0.1, 0.15) is 10.5 Å². The van der Waals surface area contributed by atoms with Crippen molar-refractivity contribution in [3.8, 4) is 17.1 Å². The Kier molecular flexibility index (Phi) is 4.87. The van der Waals surface area contributed by atoms with Gasteiger partial charge in [-0.2, -0.15) is 5.10 Å². The van der Waals surface area contributed by atoms with Crippen LogP contribution in [0.4, 0.5) is 10.2 Å². The number of halogens is 1. The summed E-state index contributed by atoms with van der Waals surface area (Å²) in [5.41, 5.74) is 1.77. The van der Waals surface area contributed by atoms with E-state index in [4.69, 9.17) is 0 Å². The standard InChI is InChI=1S/C21H19FN8O/c22-16-3-1-15(2-4-16)17-13-18(25-24-17)21(31)29-11-9-28(10-12-29)19-5-6-20(27-26-19)30-8-7-23-14-30/h1-8,13-14H,9-12H2,(H,24,25). The number of piperazine rings is 1. The number of nitrogens with one attached hydrogen (secondary N) is 1. The molecule has 0 saturated carbocycles. The van der Waals surface area contributed by atoms with Crippen molar-refractivity contribution in [2.24, 2.45) is 0 Å². The highest BCUT2D eigenvalue weighted by molar-refractivity contribution is 5.93. The molecule has 0 aliphatic carbocycles. The summed E-state index contributed by atoms with van der Waals surface area (Å²) >= 11 is 0. The number of imidazole rings is 1. The maximum absolute atomic E-state index is 13.1. The van der Waals surface area contributed by atoms with E-state index < -0.39 is 0 Å². The van der Waals surface area contributed by atoms with Gasteiger partial charge in [0, 0.05) is 44.1 Å². The summed E-state index contributed by atoms with van der Waals surface area (Å²) in [6.07, 6.45) is 5.17. The molecule has 1 aliphatic heterocycles. The largest absolute Gasteiger partial charge is 0.352 e. The van der Waals surface area contributed by atoms with Gasteiger partial charge < -0.3 is 9.80 Å². The summed E-state index contributed by atoms with van der Waals surface area (Å²) in [5, 5.41) is 15.6. The molecule has 156 valence electrons. The molecule has 5 rings (SSSR count). The minimum absolute atomic E-state index is 0.109. The van der Waals surface area contributed by atoms with Crippen molar-refractivity contribution >= 4 is 11.7 Å². The van der Waals surface area contributed by atoms with Gasteiger partial charge in [-0.15, -0.1) is 10.2 Å². The van der Waals surface area contributed by atoms with Crippen LogP contribution >= 0.6 is 0 Å². The van der Waals surface area contributed by atoms with E-state index in [9.17, 15) is 9.18 Å². The highest BCUT2D eigenvalue weighted by atomic mass is 19.1. The highest BCUT2D eigenvalue weighted by Gasteiger charge is 2.24. The number of aromatic amines is 1. The number of amides is 1. The molecule has 9 nitrogen and oxygen atoms in total. The Bertz CT molecular complexity index is 1160. The number of aromatic nitrogens is 6. The van der Waals surface area contributed by atoms with Crippen molar-refractivity contribution < 1.29 is 9.18 Å². The molecule has 4 aromatic rings. The molecule has 31 heavy (non-hydrogen) atoms. The number of nitrogens with zero attached hydrogens (tertiary/aromatic N) is 7. The first kappa shape index (κ1) is 18.9. The minimum atomic E-state index is -0.311. The quantitative estimate of drug-likeness (QED) is 0.546. The lowest BCUT2D eigenvalue weighted by Crippen LogP contribution is -2.49. The number of carbonyl (C=O) groups is 1. The number of anilines is 1. The van der Waals surface area contributed by atoms with E-state index in [2.05, 4.69) is 30.3 Å². The average Bonchev–Trinajstić information content (AvgIpc) is 3.52. The lowest BCUT2D eigenvalue weighted by Gasteiger charge is -2.34. The fraction of sp³-hybridized carbons (Fsp3) is 0.190. The SMILES string of the molecule is O=C(c1cc(-c2ccc(F)cc2)n[nH]1)N1CCN(c2ccc(-n3ccnc3)nn2)CC1. The maximum Gasteiger partial charge on any atom is 0.272 e. The second-order valence-electron chi connectivity index (χ2n) is 7.17. The summed E-state index contributed by atoms with van der Waals surface area (Å²) in [7, 11) is 0. The molecule has 1 amide bonds. The van der Waals surface area contributed by atoms with Gasteiger partial charge in [0.1, 0.15) is 17.8 Å². The predicted molar refractivity (Wildman–Crippen MR) is 111 cm³/mol. The molecule has 10 heteroatoms. The maximum atomic E-state index is 13.1. The summed E-state index contributed by atoms with van der Waals surface area (Å²) in [5.74, 6) is 1.05. The number of rotatable bonds is 4. The van der Waals surface area contributed by atoms with Gasteiger partial charge >= 0.3 is 0 Å². The molecule has 1 fully saturated rings. The second kappa shape index (κ2) is 7.98. The smallest absolute Gasteiger partial charge is 0.272 e. The van der Waals surface area contributed by atoms with Gasteiger partial charge in [-0.1, -0.05) is 0 Å². The number of carbonyl (C=O) groups excluding carboxylic acids is 1. The molecule has 0 radical (unpaired) electrons. The Balaban J connectivity index is 1.21. The zero-order valence-corrected chi connectivity index (χ0v) is 16.5. The van der Waals surface area contributed by atoms with Gasteiger partial charge in [-0.25, -0.2) is 9.37 Å². The topological polar surface area (TPSA) is 95.8 Å². The van der Waals surface area contributed by atoms with Crippen molar-refractivity contribution in [3.63, 3.8) is 0 Å². The molecular formula is C21H19FN8O. The van der Waals surface area contributed by atoms with Crippen LogP contribution in [-0.4, -0.2) is 66.9 Å². The van der Waals surface area contributed by atoms with Crippen LogP contribution in [0.3, 0.4) is 0 Å². The molecule has 0 bridgehead atoms. The first-order valence-electron chi connectivity index (χ1n) is 9.85. The van der Waals surface area contributed by atoms with Gasteiger partial charge in [-0.05, 0) is 42.5 Å². The monoisotopic (exact) mass is 418 g/mol. The van der Waals surface area contributed by atoms with Gasteiger partial charge in [0.05, 0.1) is 5.69 Å². The van der Waals surface area contributed by atoms with Gasteiger partial charge in [0.15, 0.2) is 11.6 Å². The fourth-order valence-electron chi connectivity index (χ4n) is 3.53. The van der Waals surface area contributed by atoms with E-state index in [0.29, 0.717) is 43.4 Å². The number of hydrogen-bond acceptors (Lipinski definition) is 6. The minimum Gasteiger partial charge on any atom is -0.352 e. The molecule has 1 saturated heterocycles. The third-order valence-corrected chi connectivity index (χ3v) is 5.24. The third kappa shape index (κ3) is 3.87. The first-order chi connectivity index (χ1) is 15.2. The Labute approximate surface area is 177 Å². The van der Waals surface area contributed by atoms with E-state index in [0.717, 1.165) is 11.4 Å². The summed E-state index contributed by atoms with van der Waals surface area (Å²) in [4.78, 5) is 20.8. The van der Waals surface area contributed by atoms with Crippen LogP contribution < -0.4 is 4.90 Å². The molecule has 0 atom stereocenters. The molecule has 1 aliphatic rings. The zero-order valence-electron chi connectivity index (χ0n) is 16.5. The summed E-state index contributed by atoms with van der Waals surface area (Å²) in [6.45, 7) is 2.44. The van der Waals surface area contributed by atoms with Crippen LogP contribution in [0.15, 0.2) is 61.2 Å². The van der Waals surface area contributed by atoms with Crippen molar-refractivity contribution in [2.45, 2.75) is 0 Å². The molecule has 0 spiro atoms. The van der Waals surface area contributed by atoms with Gasteiger partial charge in [0.25, 0.3) is 5.91 Å². The first-order valence-corrected chi connectivity index (χ1v) is 9.85. The summed E-state index contributed by atoms with van der Waals surface area (Å²) < 4.78 is 14.9. The molecule has 1 aromatic carbocycles. The Hall–Kier alpha value is -4.08. The summed E-state index contributed by atoms with van der Waals surface area (Å²) in [6, 6.07) is 11.5. The van der Waals surface area contributed by atoms with Crippen molar-refractivity contribution in [3.05, 3.63) is 72.7 Å². The fourth-order valence-corrected chi connectivity index (χ4v) is 3.53. The van der Waals surface area contributed by atoms with Crippen LogP contribution in [-0.2, 0) is 0 Å². The van der Waals surface area contributed by atoms with Crippen LogP contribution in [0.25, 0.3) is 17.1 Å². The Morgan fingerprint density at radius 3 is 2.39 bits per heavy atom. The van der Waals surface area contributed by atoms with Crippen molar-refractivity contribution in [1.82, 2.24) is 34.8 Å². The number of hydrogen-bond donors (Lipinski definition) is 1. The van der Waals surface area contributed by atoms with Gasteiger partial charge in [-0.3, -0.25) is 14.5 Å². The Morgan fingerprint density at radius 1 is 0.968 bits per heavy atom. The lowest BCUT2D eigenvalue weighted by atomic mass is 10.1. The third-order valence-electron chi connectivity index (χ3n) is 5.24. The van der Waals surface area contributed by atoms with E-state index in [-0.39, 0.29) is 11.7 Å². The van der Waals surface area contributed by atoms with Gasteiger partial charge in [0.2, 0.25) is 0 Å². The van der Waals surface area contributed by atoms with Crippen LogP contribution in [0.2, 0.25) is 0 Å². The van der Waals surface area contributed by atoms with Crippen molar-refractivity contribution in [1.29, 1.82) is 0 Å². The zero-order chi connectivity index (χ0) is 21.2. The Morgan fingerprint density at radius 2 is 1.71 bits per heavy atom. The average molecular weight is 418 g/mol. The number of benzene rings is 1. The normalized spacial score (nSPS) is 14.1. The number of H-pyrrole nitrogens is 1. The van der Waals surface area contributed by atoms with Crippen LogP contribution in [0, 0.1) is 5.82 Å². The molecule has 4 heterocycles. The van der Waals surface area contributed by atoms with E-state index in [1.54, 1.807) is 40.2 Å². The molecule has 0 unspecified atom stereocenters. The molecular weight excluding hydrogens is 399 g/mol. The van der Waals surface area contributed by atoms with E-state index in [1.165, 1.54) is 12.1 Å².